The number of hydrogen-bond acceptors (Lipinski definition) is 6. The lowest BCUT2D eigenvalue weighted by atomic mass is 10.1. The van der Waals surface area contributed by atoms with Crippen molar-refractivity contribution in [1.29, 1.82) is 0 Å². The normalized spacial score (nSPS) is 14.8. The summed E-state index contributed by atoms with van der Waals surface area (Å²) in [6.07, 6.45) is 0. The van der Waals surface area contributed by atoms with Crippen LogP contribution in [0.2, 0.25) is 19.6 Å². The van der Waals surface area contributed by atoms with Gasteiger partial charge in [0, 0.05) is 43.0 Å². The average molecular weight is 515 g/mol. The summed E-state index contributed by atoms with van der Waals surface area (Å²) in [4.78, 5) is 21.8. The number of rotatable bonds is 6. The number of likely N-dealkylation sites (N-methyl/N-ethyl adjacent to an activating group) is 1. The minimum absolute atomic E-state index is 0.0871. The summed E-state index contributed by atoms with van der Waals surface area (Å²) < 4.78 is 7.47. The van der Waals surface area contributed by atoms with E-state index >= 15 is 0 Å². The van der Waals surface area contributed by atoms with E-state index in [1.54, 1.807) is 0 Å². The third-order valence-electron chi connectivity index (χ3n) is 6.93. The van der Waals surface area contributed by atoms with Gasteiger partial charge in [-0.15, -0.1) is 0 Å². The highest BCUT2D eigenvalue weighted by Gasteiger charge is 2.21. The van der Waals surface area contributed by atoms with Crippen LogP contribution in [0.25, 0.3) is 23.0 Å². The lowest BCUT2D eigenvalue weighted by Gasteiger charge is -2.32. The van der Waals surface area contributed by atoms with Crippen molar-refractivity contribution in [2.75, 3.05) is 33.2 Å². The van der Waals surface area contributed by atoms with Crippen LogP contribution in [0.15, 0.2) is 59.1 Å². The third-order valence-corrected chi connectivity index (χ3v) is 9.00. The number of aryl methyl sites for hydroxylation is 1. The highest BCUT2D eigenvalue weighted by atomic mass is 28.3. The smallest absolute Gasteiger partial charge is 0.278 e. The quantitative estimate of drug-likeness (QED) is 0.363. The van der Waals surface area contributed by atoms with Gasteiger partial charge in [-0.2, -0.15) is 10.1 Å². The van der Waals surface area contributed by atoms with E-state index in [-0.39, 0.29) is 5.91 Å². The molecule has 2 aromatic carbocycles. The Hall–Kier alpha value is -3.56. The van der Waals surface area contributed by atoms with E-state index in [1.165, 1.54) is 5.19 Å². The summed E-state index contributed by atoms with van der Waals surface area (Å²) in [6, 6.07) is 18.2. The van der Waals surface area contributed by atoms with Gasteiger partial charge >= 0.3 is 0 Å². The first kappa shape index (κ1) is 25.1. The summed E-state index contributed by atoms with van der Waals surface area (Å²) in [5.74, 6) is 1.04. The number of carbonyl (C=O) groups excluding carboxylic acids is 1. The second kappa shape index (κ2) is 10.1. The summed E-state index contributed by atoms with van der Waals surface area (Å²) in [5, 5.41) is 10.3. The molecule has 0 atom stereocenters. The molecule has 3 heterocycles. The number of nitrogens with zero attached hydrogens (tertiary/aromatic N) is 6. The van der Waals surface area contributed by atoms with Crippen molar-refractivity contribution >= 4 is 19.2 Å². The average Bonchev–Trinajstić information content (AvgIpc) is 3.51. The fourth-order valence-electron chi connectivity index (χ4n) is 4.51. The third kappa shape index (κ3) is 5.57. The number of benzene rings is 2. The Morgan fingerprint density at radius 2 is 1.73 bits per heavy atom. The van der Waals surface area contributed by atoms with E-state index in [1.807, 2.05) is 46.8 Å². The first-order valence-corrected chi connectivity index (χ1v) is 16.2. The number of carbonyl (C=O) groups is 1. The Labute approximate surface area is 218 Å². The maximum Gasteiger partial charge on any atom is 0.278 e. The van der Waals surface area contributed by atoms with Gasteiger partial charge < -0.3 is 14.3 Å². The lowest BCUT2D eigenvalue weighted by molar-refractivity contribution is 0.0664. The van der Waals surface area contributed by atoms with Crippen molar-refractivity contribution in [3.63, 3.8) is 0 Å². The molecule has 1 aliphatic rings. The molecule has 5 rings (SSSR count). The predicted molar refractivity (Wildman–Crippen MR) is 148 cm³/mol. The molecule has 0 unspecified atom stereocenters. The lowest BCUT2D eigenvalue weighted by Crippen LogP contribution is -2.47. The molecule has 0 radical (unpaired) electrons. The van der Waals surface area contributed by atoms with Gasteiger partial charge in [-0.05, 0) is 37.7 Å². The van der Waals surface area contributed by atoms with Crippen LogP contribution in [0.5, 0.6) is 0 Å². The zero-order valence-electron chi connectivity index (χ0n) is 22.2. The van der Waals surface area contributed by atoms with Crippen molar-refractivity contribution in [1.82, 2.24) is 29.7 Å². The minimum atomic E-state index is -1.36. The van der Waals surface area contributed by atoms with E-state index in [9.17, 15) is 4.79 Å². The van der Waals surface area contributed by atoms with Crippen molar-refractivity contribution < 1.29 is 9.32 Å². The molecule has 0 bridgehead atoms. The SMILES string of the molecule is Cc1cc(-c2nc(-c3ccc([Si](C)(C)C)cc3)no2)nn1Cc1cccc(C(=O)N2CCN(C)CC2)c1. The second-order valence-electron chi connectivity index (χ2n) is 10.9. The molecule has 1 fully saturated rings. The van der Waals surface area contributed by atoms with Crippen LogP contribution in [0.1, 0.15) is 21.6 Å². The van der Waals surface area contributed by atoms with Crippen LogP contribution in [0.4, 0.5) is 0 Å². The highest BCUT2D eigenvalue weighted by molar-refractivity contribution is 6.88. The van der Waals surface area contributed by atoms with Gasteiger partial charge in [0.2, 0.25) is 5.82 Å². The number of amides is 1. The molecule has 1 aliphatic heterocycles. The molecule has 1 saturated heterocycles. The van der Waals surface area contributed by atoms with Gasteiger partial charge in [-0.1, -0.05) is 66.4 Å². The van der Waals surface area contributed by atoms with E-state index < -0.39 is 8.07 Å². The molecule has 1 amide bonds. The number of aromatic nitrogens is 4. The molecule has 9 heteroatoms. The van der Waals surface area contributed by atoms with Crippen molar-refractivity contribution in [3.05, 3.63) is 71.4 Å². The van der Waals surface area contributed by atoms with Crippen molar-refractivity contribution in [3.8, 4) is 23.0 Å². The van der Waals surface area contributed by atoms with Crippen LogP contribution < -0.4 is 5.19 Å². The Balaban J connectivity index is 1.30. The van der Waals surface area contributed by atoms with Crippen molar-refractivity contribution in [2.24, 2.45) is 0 Å². The molecule has 2 aromatic heterocycles. The number of hydrogen-bond donors (Lipinski definition) is 0. The molecule has 192 valence electrons. The largest absolute Gasteiger partial charge is 0.336 e. The summed E-state index contributed by atoms with van der Waals surface area (Å²) >= 11 is 0. The van der Waals surface area contributed by atoms with Gasteiger partial charge in [-0.3, -0.25) is 9.48 Å². The Morgan fingerprint density at radius 3 is 2.43 bits per heavy atom. The first-order chi connectivity index (χ1) is 17.7. The zero-order chi connectivity index (χ0) is 26.2. The maximum absolute atomic E-state index is 13.0. The van der Waals surface area contributed by atoms with Crippen LogP contribution in [-0.4, -0.2) is 76.9 Å². The van der Waals surface area contributed by atoms with E-state index in [0.29, 0.717) is 29.5 Å². The molecule has 0 spiro atoms. The van der Waals surface area contributed by atoms with Gasteiger partial charge in [0.15, 0.2) is 5.69 Å². The summed E-state index contributed by atoms with van der Waals surface area (Å²) in [5.41, 5.74) is 4.28. The van der Waals surface area contributed by atoms with Gasteiger partial charge in [0.05, 0.1) is 14.6 Å². The van der Waals surface area contributed by atoms with Crippen LogP contribution in [-0.2, 0) is 6.54 Å². The fraction of sp³-hybridized carbons (Fsp3) is 0.357. The molecular formula is C28H34N6O2Si. The Bertz CT molecular complexity index is 1390. The number of piperazine rings is 1. The predicted octanol–water partition coefficient (Wildman–Crippen LogP) is 3.89. The van der Waals surface area contributed by atoms with E-state index in [0.717, 1.165) is 43.0 Å². The van der Waals surface area contributed by atoms with Crippen LogP contribution in [0, 0.1) is 6.92 Å². The highest BCUT2D eigenvalue weighted by Crippen LogP contribution is 2.23. The molecule has 4 aromatic rings. The first-order valence-electron chi connectivity index (χ1n) is 12.7. The second-order valence-corrected chi connectivity index (χ2v) is 16.0. The standard InChI is InChI=1S/C28H34N6O2Si/c1-20-17-25(27-29-26(31-36-27)22-9-11-24(12-10-22)37(3,4)5)30-34(20)19-21-7-6-8-23(18-21)28(35)33-15-13-32(2)14-16-33/h6-12,17-18H,13-16,19H2,1-5H3. The Morgan fingerprint density at radius 1 is 1.00 bits per heavy atom. The van der Waals surface area contributed by atoms with Crippen LogP contribution >= 0.6 is 0 Å². The van der Waals surface area contributed by atoms with Gasteiger partial charge in [0.25, 0.3) is 11.8 Å². The molecule has 8 nitrogen and oxygen atoms in total. The maximum atomic E-state index is 13.0. The Kier molecular flexibility index (Phi) is 6.83. The zero-order valence-corrected chi connectivity index (χ0v) is 23.2. The van der Waals surface area contributed by atoms with Crippen LogP contribution in [0.3, 0.4) is 0 Å². The topological polar surface area (TPSA) is 80.3 Å². The van der Waals surface area contributed by atoms with Gasteiger partial charge in [0.1, 0.15) is 0 Å². The molecule has 0 saturated carbocycles. The summed E-state index contributed by atoms with van der Waals surface area (Å²) in [6.45, 7) is 12.9. The van der Waals surface area contributed by atoms with E-state index in [4.69, 9.17) is 9.62 Å². The minimum Gasteiger partial charge on any atom is -0.336 e. The van der Waals surface area contributed by atoms with Gasteiger partial charge in [-0.25, -0.2) is 0 Å². The molecule has 0 aliphatic carbocycles. The fourth-order valence-corrected chi connectivity index (χ4v) is 5.67. The molecule has 37 heavy (non-hydrogen) atoms. The van der Waals surface area contributed by atoms with E-state index in [2.05, 4.69) is 66.0 Å². The van der Waals surface area contributed by atoms with Crippen molar-refractivity contribution in [2.45, 2.75) is 33.1 Å². The molecular weight excluding hydrogens is 480 g/mol. The summed E-state index contributed by atoms with van der Waals surface area (Å²) in [7, 11) is 0.725. The molecule has 0 N–H and O–H groups in total. The monoisotopic (exact) mass is 514 g/mol.